The van der Waals surface area contributed by atoms with Crippen LogP contribution >= 0.6 is 0 Å². The van der Waals surface area contributed by atoms with Crippen LogP contribution in [-0.2, 0) is 6.18 Å². The lowest BCUT2D eigenvalue weighted by Crippen LogP contribution is -2.12. The number of nitriles is 1. The lowest BCUT2D eigenvalue weighted by atomic mass is 9.99. The molecular formula is C16H15F3N4. The zero-order valence-electron chi connectivity index (χ0n) is 12.4. The Hall–Kier alpha value is -2.75. The van der Waals surface area contributed by atoms with Crippen molar-refractivity contribution in [3.05, 3.63) is 53.1 Å². The van der Waals surface area contributed by atoms with Crippen molar-refractivity contribution in [2.75, 3.05) is 17.6 Å². The second-order valence-electron chi connectivity index (χ2n) is 5.14. The zero-order valence-corrected chi connectivity index (χ0v) is 12.4. The average molecular weight is 320 g/mol. The number of nitrogen functional groups attached to an aromatic ring is 1. The number of hydrogen-bond acceptors (Lipinski definition) is 4. The summed E-state index contributed by atoms with van der Waals surface area (Å²) in [6.07, 6.45) is -4.33. The summed E-state index contributed by atoms with van der Waals surface area (Å²) in [6, 6.07) is 10.2. The molecule has 1 atom stereocenters. The number of alkyl halides is 3. The molecule has 2 rings (SSSR count). The summed E-state index contributed by atoms with van der Waals surface area (Å²) in [5, 5.41) is 11.8. The highest BCUT2D eigenvalue weighted by atomic mass is 19.4. The number of rotatable bonds is 4. The summed E-state index contributed by atoms with van der Waals surface area (Å²) in [4.78, 5) is 4.05. The van der Waals surface area contributed by atoms with Gasteiger partial charge in [-0.3, -0.25) is 0 Å². The summed E-state index contributed by atoms with van der Waals surface area (Å²) in [7, 11) is 0. The van der Waals surface area contributed by atoms with Gasteiger partial charge in [-0.15, -0.1) is 0 Å². The molecule has 0 aliphatic carbocycles. The van der Waals surface area contributed by atoms with Crippen molar-refractivity contribution in [2.45, 2.75) is 19.0 Å². The molecular weight excluding hydrogens is 305 g/mol. The van der Waals surface area contributed by atoms with E-state index in [0.29, 0.717) is 17.9 Å². The molecule has 0 radical (unpaired) electrons. The van der Waals surface area contributed by atoms with Gasteiger partial charge in [-0.05, 0) is 35.7 Å². The van der Waals surface area contributed by atoms with Gasteiger partial charge in [-0.25, -0.2) is 4.98 Å². The minimum Gasteiger partial charge on any atom is -0.383 e. The van der Waals surface area contributed by atoms with Gasteiger partial charge >= 0.3 is 6.18 Å². The smallest absolute Gasteiger partial charge is 0.383 e. The monoisotopic (exact) mass is 320 g/mol. The number of halogens is 3. The van der Waals surface area contributed by atoms with Crippen LogP contribution in [0.3, 0.4) is 0 Å². The molecule has 23 heavy (non-hydrogen) atoms. The molecule has 3 N–H and O–H groups in total. The van der Waals surface area contributed by atoms with Crippen molar-refractivity contribution in [3.63, 3.8) is 0 Å². The Morgan fingerprint density at radius 3 is 2.39 bits per heavy atom. The van der Waals surface area contributed by atoms with Gasteiger partial charge in [0.25, 0.3) is 0 Å². The van der Waals surface area contributed by atoms with E-state index in [1.54, 1.807) is 12.1 Å². The highest BCUT2D eigenvalue weighted by Crippen LogP contribution is 2.30. The first-order chi connectivity index (χ1) is 10.8. The zero-order chi connectivity index (χ0) is 17.0. The van der Waals surface area contributed by atoms with E-state index in [4.69, 9.17) is 11.0 Å². The Bertz CT molecular complexity index is 718. The molecule has 0 bridgehead atoms. The molecule has 0 fully saturated rings. The van der Waals surface area contributed by atoms with E-state index in [-0.39, 0.29) is 11.7 Å². The first-order valence-corrected chi connectivity index (χ1v) is 6.89. The number of benzene rings is 1. The van der Waals surface area contributed by atoms with E-state index in [1.165, 1.54) is 12.1 Å². The molecule has 1 unspecified atom stereocenters. The van der Waals surface area contributed by atoms with Gasteiger partial charge in [0.1, 0.15) is 17.7 Å². The first kappa shape index (κ1) is 16.6. The number of aromatic nitrogens is 1. The predicted octanol–water partition coefficient (Wildman–Crippen LogP) is 3.77. The average Bonchev–Trinajstić information content (AvgIpc) is 2.52. The topological polar surface area (TPSA) is 74.7 Å². The van der Waals surface area contributed by atoms with Crippen LogP contribution in [0.25, 0.3) is 0 Å². The second-order valence-corrected chi connectivity index (χ2v) is 5.14. The Kier molecular flexibility index (Phi) is 4.74. The van der Waals surface area contributed by atoms with E-state index in [2.05, 4.69) is 10.3 Å². The molecule has 1 aromatic carbocycles. The van der Waals surface area contributed by atoms with Gasteiger partial charge in [0.05, 0.1) is 11.1 Å². The summed E-state index contributed by atoms with van der Waals surface area (Å²) < 4.78 is 37.6. The first-order valence-electron chi connectivity index (χ1n) is 6.89. The van der Waals surface area contributed by atoms with Crippen molar-refractivity contribution in [1.82, 2.24) is 4.98 Å². The molecule has 120 valence electrons. The van der Waals surface area contributed by atoms with Crippen LogP contribution < -0.4 is 11.1 Å². The molecule has 7 heteroatoms. The summed E-state index contributed by atoms with van der Waals surface area (Å²) in [5.74, 6) is 0.635. The van der Waals surface area contributed by atoms with Crippen LogP contribution in [0, 0.1) is 11.3 Å². The molecule has 0 saturated heterocycles. The van der Waals surface area contributed by atoms with E-state index >= 15 is 0 Å². The molecule has 0 aliphatic rings. The highest BCUT2D eigenvalue weighted by Gasteiger charge is 2.30. The maximum absolute atomic E-state index is 12.5. The van der Waals surface area contributed by atoms with Crippen LogP contribution in [0.4, 0.5) is 24.8 Å². The van der Waals surface area contributed by atoms with E-state index < -0.39 is 11.7 Å². The lowest BCUT2D eigenvalue weighted by Gasteiger charge is -2.15. The molecule has 2 aromatic rings. The van der Waals surface area contributed by atoms with Gasteiger partial charge < -0.3 is 11.1 Å². The summed E-state index contributed by atoms with van der Waals surface area (Å²) in [5.41, 5.74) is 6.04. The molecule has 4 nitrogen and oxygen atoms in total. The maximum Gasteiger partial charge on any atom is 0.416 e. The van der Waals surface area contributed by atoms with Crippen LogP contribution in [0.2, 0.25) is 0 Å². The third kappa shape index (κ3) is 4.13. The fourth-order valence-electron chi connectivity index (χ4n) is 2.04. The van der Waals surface area contributed by atoms with Gasteiger partial charge in [0.15, 0.2) is 0 Å². The van der Waals surface area contributed by atoms with E-state index in [0.717, 1.165) is 17.7 Å². The number of hydrogen-bond donors (Lipinski definition) is 2. The Labute approximate surface area is 131 Å². The van der Waals surface area contributed by atoms with Crippen molar-refractivity contribution < 1.29 is 13.2 Å². The quantitative estimate of drug-likeness (QED) is 0.899. The standard InChI is InChI=1S/C16H15F3N4/c1-10(11-2-5-13(6-3-11)16(17,18)19)9-22-14-7-4-12(8-20)15(21)23-14/h2-7,10H,9H2,1H3,(H3,21,22,23). The normalized spacial score (nSPS) is 12.5. The Morgan fingerprint density at radius 1 is 1.22 bits per heavy atom. The van der Waals surface area contributed by atoms with Crippen molar-refractivity contribution >= 4 is 11.6 Å². The third-order valence-electron chi connectivity index (χ3n) is 3.44. The van der Waals surface area contributed by atoms with Gasteiger partial charge in [-0.1, -0.05) is 19.1 Å². The number of nitrogens with two attached hydrogens (primary N) is 1. The molecule has 0 saturated carbocycles. The maximum atomic E-state index is 12.5. The highest BCUT2D eigenvalue weighted by molar-refractivity contribution is 5.53. The summed E-state index contributed by atoms with van der Waals surface area (Å²) >= 11 is 0. The van der Waals surface area contributed by atoms with Crippen molar-refractivity contribution in [1.29, 1.82) is 5.26 Å². The van der Waals surface area contributed by atoms with E-state index in [9.17, 15) is 13.2 Å². The fraction of sp³-hybridized carbons (Fsp3) is 0.250. The second kappa shape index (κ2) is 6.57. The van der Waals surface area contributed by atoms with Crippen LogP contribution in [-0.4, -0.2) is 11.5 Å². The minimum absolute atomic E-state index is 0.0176. The molecule has 0 amide bonds. The Balaban J connectivity index is 2.01. The molecule has 0 spiro atoms. The minimum atomic E-state index is -4.33. The predicted molar refractivity (Wildman–Crippen MR) is 81.7 cm³/mol. The number of nitrogens with one attached hydrogen (secondary N) is 1. The van der Waals surface area contributed by atoms with Crippen molar-refractivity contribution in [3.8, 4) is 6.07 Å². The largest absolute Gasteiger partial charge is 0.416 e. The number of pyridine rings is 1. The molecule has 0 aliphatic heterocycles. The van der Waals surface area contributed by atoms with Crippen LogP contribution in [0.1, 0.15) is 29.5 Å². The third-order valence-corrected chi connectivity index (χ3v) is 3.44. The number of anilines is 2. The molecule has 1 heterocycles. The van der Waals surface area contributed by atoms with Crippen molar-refractivity contribution in [2.24, 2.45) is 0 Å². The fourth-order valence-corrected chi connectivity index (χ4v) is 2.04. The van der Waals surface area contributed by atoms with Gasteiger partial charge in [0.2, 0.25) is 0 Å². The van der Waals surface area contributed by atoms with Gasteiger partial charge in [0, 0.05) is 6.54 Å². The number of nitrogens with zero attached hydrogens (tertiary/aromatic N) is 2. The summed E-state index contributed by atoms with van der Waals surface area (Å²) in [6.45, 7) is 2.37. The van der Waals surface area contributed by atoms with Crippen LogP contribution in [0.15, 0.2) is 36.4 Å². The van der Waals surface area contributed by atoms with E-state index in [1.807, 2.05) is 13.0 Å². The SMILES string of the molecule is CC(CNc1ccc(C#N)c(N)n1)c1ccc(C(F)(F)F)cc1. The van der Waals surface area contributed by atoms with Crippen LogP contribution in [0.5, 0.6) is 0 Å². The van der Waals surface area contributed by atoms with Gasteiger partial charge in [-0.2, -0.15) is 18.4 Å². The lowest BCUT2D eigenvalue weighted by molar-refractivity contribution is -0.137. The molecule has 1 aromatic heterocycles. The Morgan fingerprint density at radius 2 is 1.87 bits per heavy atom.